The number of hydrogen-bond acceptors (Lipinski definition) is 2. The summed E-state index contributed by atoms with van der Waals surface area (Å²) in [5.74, 6) is 0.554. The number of rotatable bonds is 1. The van der Waals surface area contributed by atoms with Gasteiger partial charge in [0.25, 0.3) is 0 Å². The molecule has 0 radical (unpaired) electrons. The number of thiophene rings is 1. The average Bonchev–Trinajstić information content (AvgIpc) is 2.77. The van der Waals surface area contributed by atoms with E-state index in [9.17, 15) is 0 Å². The summed E-state index contributed by atoms with van der Waals surface area (Å²) in [6.45, 7) is 2.31. The van der Waals surface area contributed by atoms with Gasteiger partial charge in [-0.3, -0.25) is 0 Å². The van der Waals surface area contributed by atoms with Crippen LogP contribution in [0.3, 0.4) is 0 Å². The third-order valence-corrected chi connectivity index (χ3v) is 4.63. The van der Waals surface area contributed by atoms with E-state index in [1.54, 1.807) is 10.4 Å². The number of benzene rings is 1. The summed E-state index contributed by atoms with van der Waals surface area (Å²) in [5.41, 5.74) is 3.00. The van der Waals surface area contributed by atoms with Crippen molar-refractivity contribution in [2.24, 2.45) is 0 Å². The highest BCUT2D eigenvalue weighted by atomic mass is 32.1. The fraction of sp³-hybridized carbons (Fsp3) is 0.333. The molecule has 88 valence electrons. The maximum atomic E-state index is 2.45. The number of nitrogens with zero attached hydrogens (tertiary/aromatic N) is 1. The zero-order valence-corrected chi connectivity index (χ0v) is 10.9. The molecule has 1 atom stereocenters. The lowest BCUT2D eigenvalue weighted by Gasteiger charge is -2.20. The molecule has 1 aliphatic rings. The van der Waals surface area contributed by atoms with Crippen molar-refractivity contribution < 1.29 is 0 Å². The van der Waals surface area contributed by atoms with Crippen molar-refractivity contribution in [1.29, 1.82) is 0 Å². The largest absolute Gasteiger partial charge is 0.305 e. The lowest BCUT2D eigenvalue weighted by molar-refractivity contribution is 0.338. The van der Waals surface area contributed by atoms with E-state index in [0.29, 0.717) is 5.92 Å². The molecule has 1 nitrogen and oxygen atoms in total. The molecule has 0 bridgehead atoms. The molecule has 1 aromatic carbocycles. The van der Waals surface area contributed by atoms with E-state index in [-0.39, 0.29) is 0 Å². The van der Waals surface area contributed by atoms with Gasteiger partial charge in [-0.2, -0.15) is 0 Å². The molecule has 1 unspecified atom stereocenters. The molecule has 2 heteroatoms. The van der Waals surface area contributed by atoms with Crippen molar-refractivity contribution in [3.05, 3.63) is 57.8 Å². The van der Waals surface area contributed by atoms with Gasteiger partial charge in [0.05, 0.1) is 0 Å². The van der Waals surface area contributed by atoms with Gasteiger partial charge in [-0.05, 0) is 36.0 Å². The Labute approximate surface area is 107 Å². The minimum absolute atomic E-state index is 0.554. The van der Waals surface area contributed by atoms with Crippen LogP contribution in [0.5, 0.6) is 0 Å². The summed E-state index contributed by atoms with van der Waals surface area (Å²) in [7, 11) is 2.23. The van der Waals surface area contributed by atoms with Gasteiger partial charge in [0, 0.05) is 23.9 Å². The Morgan fingerprint density at radius 1 is 1.18 bits per heavy atom. The minimum atomic E-state index is 0.554. The quantitative estimate of drug-likeness (QED) is 0.742. The first-order chi connectivity index (χ1) is 8.34. The Balaban J connectivity index is 2.03. The van der Waals surface area contributed by atoms with Crippen molar-refractivity contribution >= 4 is 11.3 Å². The second-order valence-corrected chi connectivity index (χ2v) is 5.73. The summed E-state index contributed by atoms with van der Waals surface area (Å²) in [6.07, 6.45) is 1.19. The van der Waals surface area contributed by atoms with E-state index in [1.165, 1.54) is 18.5 Å². The van der Waals surface area contributed by atoms with E-state index in [2.05, 4.69) is 53.7 Å². The molecule has 17 heavy (non-hydrogen) atoms. The molecular formula is C15H17NS. The standard InChI is InChI=1S/C15H17NS/c1-16-9-7-13-8-10-17-15(13)14(11-16)12-5-3-2-4-6-12/h2-6,8,10,14H,7,9,11H2,1H3. The third kappa shape index (κ3) is 2.15. The second kappa shape index (κ2) is 4.63. The maximum Gasteiger partial charge on any atom is 0.0313 e. The SMILES string of the molecule is CN1CCc2ccsc2C(c2ccccc2)C1. The van der Waals surface area contributed by atoms with Crippen LogP contribution in [0.1, 0.15) is 21.9 Å². The van der Waals surface area contributed by atoms with Gasteiger partial charge in [-0.1, -0.05) is 30.3 Å². The molecule has 1 aliphatic heterocycles. The molecule has 3 rings (SSSR count). The molecule has 0 fully saturated rings. The Morgan fingerprint density at radius 3 is 2.82 bits per heavy atom. The van der Waals surface area contributed by atoms with Crippen LogP contribution in [0.2, 0.25) is 0 Å². The summed E-state index contributed by atoms with van der Waals surface area (Å²) in [5, 5.41) is 2.24. The highest BCUT2D eigenvalue weighted by Gasteiger charge is 2.23. The van der Waals surface area contributed by atoms with Crippen LogP contribution in [0.25, 0.3) is 0 Å². The average molecular weight is 243 g/mol. The van der Waals surface area contributed by atoms with E-state index in [1.807, 2.05) is 11.3 Å². The molecule has 0 amide bonds. The second-order valence-electron chi connectivity index (χ2n) is 4.79. The summed E-state index contributed by atoms with van der Waals surface area (Å²) >= 11 is 1.92. The highest BCUT2D eigenvalue weighted by Crippen LogP contribution is 2.34. The summed E-state index contributed by atoms with van der Waals surface area (Å²) < 4.78 is 0. The van der Waals surface area contributed by atoms with Gasteiger partial charge in [-0.15, -0.1) is 11.3 Å². The number of fused-ring (bicyclic) bond motifs is 1. The first-order valence-corrected chi connectivity index (χ1v) is 7.02. The molecule has 2 aromatic rings. The van der Waals surface area contributed by atoms with Gasteiger partial charge < -0.3 is 4.90 Å². The van der Waals surface area contributed by atoms with Gasteiger partial charge >= 0.3 is 0 Å². The monoisotopic (exact) mass is 243 g/mol. The van der Waals surface area contributed by atoms with Crippen molar-refractivity contribution in [3.8, 4) is 0 Å². The van der Waals surface area contributed by atoms with E-state index < -0.39 is 0 Å². The third-order valence-electron chi connectivity index (χ3n) is 3.56. The van der Waals surface area contributed by atoms with Crippen molar-refractivity contribution in [2.45, 2.75) is 12.3 Å². The van der Waals surface area contributed by atoms with Crippen LogP contribution in [-0.2, 0) is 6.42 Å². The van der Waals surface area contributed by atoms with E-state index >= 15 is 0 Å². The van der Waals surface area contributed by atoms with Gasteiger partial charge in [0.15, 0.2) is 0 Å². The van der Waals surface area contributed by atoms with Crippen LogP contribution >= 0.6 is 11.3 Å². The maximum absolute atomic E-state index is 2.45. The van der Waals surface area contributed by atoms with Crippen LogP contribution in [0, 0.1) is 0 Å². The lowest BCUT2D eigenvalue weighted by atomic mass is 9.95. The Hall–Kier alpha value is -1.12. The molecule has 0 saturated carbocycles. The number of hydrogen-bond donors (Lipinski definition) is 0. The zero-order chi connectivity index (χ0) is 11.7. The zero-order valence-electron chi connectivity index (χ0n) is 10.1. The van der Waals surface area contributed by atoms with Crippen molar-refractivity contribution in [3.63, 3.8) is 0 Å². The van der Waals surface area contributed by atoms with Gasteiger partial charge in [0.2, 0.25) is 0 Å². The molecule has 2 heterocycles. The minimum Gasteiger partial charge on any atom is -0.305 e. The van der Waals surface area contributed by atoms with Crippen LogP contribution in [0.4, 0.5) is 0 Å². The Morgan fingerprint density at radius 2 is 2.00 bits per heavy atom. The van der Waals surface area contributed by atoms with E-state index in [0.717, 1.165) is 6.54 Å². The molecule has 1 aromatic heterocycles. The Kier molecular flexibility index (Phi) is 3.00. The topological polar surface area (TPSA) is 3.24 Å². The molecule has 0 aliphatic carbocycles. The molecule has 0 saturated heterocycles. The first kappa shape index (κ1) is 11.0. The fourth-order valence-electron chi connectivity index (χ4n) is 2.60. The van der Waals surface area contributed by atoms with Crippen molar-refractivity contribution in [2.75, 3.05) is 20.1 Å². The van der Waals surface area contributed by atoms with E-state index in [4.69, 9.17) is 0 Å². The molecule has 0 spiro atoms. The van der Waals surface area contributed by atoms with Crippen LogP contribution < -0.4 is 0 Å². The number of likely N-dealkylation sites (N-methyl/N-ethyl adjacent to an activating group) is 1. The first-order valence-electron chi connectivity index (χ1n) is 6.14. The predicted molar refractivity (Wildman–Crippen MR) is 73.8 cm³/mol. The Bertz CT molecular complexity index is 489. The summed E-state index contributed by atoms with van der Waals surface area (Å²) in [6, 6.07) is 13.2. The smallest absolute Gasteiger partial charge is 0.0313 e. The normalized spacial score (nSPS) is 20.9. The molecular weight excluding hydrogens is 226 g/mol. The van der Waals surface area contributed by atoms with Gasteiger partial charge in [0.1, 0.15) is 0 Å². The van der Waals surface area contributed by atoms with Crippen LogP contribution in [-0.4, -0.2) is 25.0 Å². The van der Waals surface area contributed by atoms with Gasteiger partial charge in [-0.25, -0.2) is 0 Å². The summed E-state index contributed by atoms with van der Waals surface area (Å²) in [4.78, 5) is 4.02. The van der Waals surface area contributed by atoms with Crippen molar-refractivity contribution in [1.82, 2.24) is 4.90 Å². The predicted octanol–water partition coefficient (Wildman–Crippen LogP) is 3.37. The molecule has 0 N–H and O–H groups in total. The van der Waals surface area contributed by atoms with Crippen LogP contribution in [0.15, 0.2) is 41.8 Å². The fourth-order valence-corrected chi connectivity index (χ4v) is 3.67. The highest BCUT2D eigenvalue weighted by molar-refractivity contribution is 7.10. The lowest BCUT2D eigenvalue weighted by Crippen LogP contribution is -2.24.